The minimum Gasteiger partial charge on any atom is -0.263 e. The highest BCUT2D eigenvalue weighted by Crippen LogP contribution is 2.34. The number of rotatable bonds is 6. The van der Waals surface area contributed by atoms with Gasteiger partial charge < -0.3 is 0 Å². The van der Waals surface area contributed by atoms with Crippen LogP contribution in [0.1, 0.15) is 37.9 Å². The Hall–Kier alpha value is -1.77. The molecule has 0 N–H and O–H groups in total. The van der Waals surface area contributed by atoms with Crippen LogP contribution in [0.3, 0.4) is 0 Å². The minimum atomic E-state index is -3.45. The third kappa shape index (κ3) is 3.47. The number of aromatic nitrogens is 3. The molecule has 136 valence electrons. The quantitative estimate of drug-likeness (QED) is 0.789. The highest BCUT2D eigenvalue weighted by atomic mass is 32.2. The Morgan fingerprint density at radius 1 is 1.28 bits per heavy atom. The summed E-state index contributed by atoms with van der Waals surface area (Å²) in [7, 11) is -0.314. The van der Waals surface area contributed by atoms with Crippen molar-refractivity contribution < 1.29 is 8.42 Å². The van der Waals surface area contributed by atoms with E-state index in [1.807, 2.05) is 28.9 Å². The average molecular weight is 363 g/mol. The molecule has 8 heteroatoms. The van der Waals surface area contributed by atoms with Crippen LogP contribution in [0.5, 0.6) is 0 Å². The van der Waals surface area contributed by atoms with Crippen molar-refractivity contribution >= 4 is 10.2 Å². The van der Waals surface area contributed by atoms with Gasteiger partial charge in [-0.25, -0.2) is 4.98 Å². The molecule has 2 aromatic rings. The molecule has 0 amide bonds. The molecule has 1 fully saturated rings. The van der Waals surface area contributed by atoms with E-state index in [9.17, 15) is 8.42 Å². The van der Waals surface area contributed by atoms with Crippen molar-refractivity contribution in [2.24, 2.45) is 0 Å². The van der Waals surface area contributed by atoms with Gasteiger partial charge in [0.05, 0.1) is 23.1 Å². The molecule has 1 aliphatic heterocycles. The largest absolute Gasteiger partial charge is 0.282 e. The highest BCUT2D eigenvalue weighted by molar-refractivity contribution is 7.86. The van der Waals surface area contributed by atoms with Gasteiger partial charge in [-0.3, -0.25) is 4.68 Å². The summed E-state index contributed by atoms with van der Waals surface area (Å²) in [4.78, 5) is 4.78. The molecule has 3 heterocycles. The summed E-state index contributed by atoms with van der Waals surface area (Å²) < 4.78 is 29.9. The average Bonchev–Trinajstić information content (AvgIpc) is 3.24. The topological polar surface area (TPSA) is 71.3 Å². The third-order valence-electron chi connectivity index (χ3n) is 4.49. The molecule has 0 bridgehead atoms. The molecule has 25 heavy (non-hydrogen) atoms. The Morgan fingerprint density at radius 3 is 2.80 bits per heavy atom. The molecule has 1 saturated heterocycles. The molecule has 0 aliphatic carbocycles. The van der Waals surface area contributed by atoms with Gasteiger partial charge in [-0.05, 0) is 37.5 Å². The van der Waals surface area contributed by atoms with Crippen LogP contribution in [0.4, 0.5) is 0 Å². The molecule has 1 aliphatic rings. The van der Waals surface area contributed by atoms with Crippen molar-refractivity contribution in [3.05, 3.63) is 36.2 Å². The maximum absolute atomic E-state index is 12.6. The minimum absolute atomic E-state index is 0.213. The number of aryl methyl sites for hydroxylation is 1. The van der Waals surface area contributed by atoms with E-state index in [0.717, 1.165) is 42.9 Å². The van der Waals surface area contributed by atoms with Crippen molar-refractivity contribution in [2.75, 3.05) is 20.6 Å². The van der Waals surface area contributed by atoms with E-state index in [1.54, 1.807) is 24.6 Å². The Kier molecular flexibility index (Phi) is 5.21. The Bertz CT molecular complexity index is 831. The van der Waals surface area contributed by atoms with Crippen molar-refractivity contribution in [3.8, 4) is 11.4 Å². The predicted octanol–water partition coefficient (Wildman–Crippen LogP) is 2.30. The number of pyridine rings is 1. The fourth-order valence-corrected chi connectivity index (χ4v) is 4.56. The van der Waals surface area contributed by atoms with Crippen molar-refractivity contribution in [1.29, 1.82) is 0 Å². The predicted molar refractivity (Wildman–Crippen MR) is 97.0 cm³/mol. The zero-order chi connectivity index (χ0) is 18.0. The monoisotopic (exact) mass is 363 g/mol. The first-order valence-corrected chi connectivity index (χ1v) is 10.0. The van der Waals surface area contributed by atoms with Gasteiger partial charge in [-0.15, -0.1) is 0 Å². The summed E-state index contributed by atoms with van der Waals surface area (Å²) in [5.41, 5.74) is 2.59. The van der Waals surface area contributed by atoms with Gasteiger partial charge in [0.15, 0.2) is 0 Å². The van der Waals surface area contributed by atoms with E-state index >= 15 is 0 Å². The van der Waals surface area contributed by atoms with Gasteiger partial charge in [-0.2, -0.15) is 22.1 Å². The maximum Gasteiger partial charge on any atom is 0.282 e. The fraction of sp³-hybridized carbons (Fsp3) is 0.529. The van der Waals surface area contributed by atoms with Gasteiger partial charge in [0.2, 0.25) is 0 Å². The fourth-order valence-electron chi connectivity index (χ4n) is 3.24. The lowest BCUT2D eigenvalue weighted by Gasteiger charge is -2.26. The van der Waals surface area contributed by atoms with E-state index in [4.69, 9.17) is 4.98 Å². The maximum atomic E-state index is 12.6. The normalized spacial score (nSPS) is 19.0. The van der Waals surface area contributed by atoms with Crippen LogP contribution in [0.15, 0.2) is 30.5 Å². The zero-order valence-corrected chi connectivity index (χ0v) is 15.8. The summed E-state index contributed by atoms with van der Waals surface area (Å²) in [6.45, 7) is 3.47. The van der Waals surface area contributed by atoms with E-state index in [-0.39, 0.29) is 6.04 Å². The summed E-state index contributed by atoms with van der Waals surface area (Å²) in [5, 5.41) is 4.35. The lowest BCUT2D eigenvalue weighted by atomic mass is 10.1. The van der Waals surface area contributed by atoms with E-state index in [2.05, 4.69) is 12.0 Å². The van der Waals surface area contributed by atoms with Crippen LogP contribution in [-0.4, -0.2) is 52.4 Å². The molecule has 1 atom stereocenters. The molecule has 0 spiro atoms. The standard InChI is InChI=1S/C17H25N5O2S/c1-4-12-21-16(10-11-18-21)14-7-5-8-15(19-14)17-9-6-13-22(17)25(23,24)20(2)3/h5,7-8,10-11,17H,4,6,9,12-13H2,1-3H3/t17-/m1/s1. The molecular formula is C17H25N5O2S. The molecule has 0 saturated carbocycles. The summed E-state index contributed by atoms with van der Waals surface area (Å²) >= 11 is 0. The first-order valence-electron chi connectivity index (χ1n) is 8.63. The van der Waals surface area contributed by atoms with Crippen LogP contribution in [0.2, 0.25) is 0 Å². The second kappa shape index (κ2) is 7.23. The zero-order valence-electron chi connectivity index (χ0n) is 15.0. The number of hydrogen-bond donors (Lipinski definition) is 0. The van der Waals surface area contributed by atoms with E-state index in [0.29, 0.717) is 6.54 Å². The lowest BCUT2D eigenvalue weighted by molar-refractivity contribution is 0.358. The van der Waals surface area contributed by atoms with Crippen LogP contribution >= 0.6 is 0 Å². The number of hydrogen-bond acceptors (Lipinski definition) is 4. The lowest BCUT2D eigenvalue weighted by Crippen LogP contribution is -2.39. The molecular weight excluding hydrogens is 338 g/mol. The van der Waals surface area contributed by atoms with E-state index < -0.39 is 10.2 Å². The molecule has 0 aromatic carbocycles. The van der Waals surface area contributed by atoms with Crippen LogP contribution in [-0.2, 0) is 16.8 Å². The van der Waals surface area contributed by atoms with Crippen LogP contribution in [0, 0.1) is 0 Å². The molecule has 0 unspecified atom stereocenters. The summed E-state index contributed by atoms with van der Waals surface area (Å²) in [6, 6.07) is 7.55. The van der Waals surface area contributed by atoms with Gasteiger partial charge in [0.25, 0.3) is 10.2 Å². The Labute approximate surface area is 149 Å². The van der Waals surface area contributed by atoms with Crippen LogP contribution < -0.4 is 0 Å². The summed E-state index contributed by atoms with van der Waals surface area (Å²) in [6.07, 6.45) is 4.40. The Morgan fingerprint density at radius 2 is 2.08 bits per heavy atom. The van der Waals surface area contributed by atoms with Crippen LogP contribution in [0.25, 0.3) is 11.4 Å². The third-order valence-corrected chi connectivity index (χ3v) is 6.44. The summed E-state index contributed by atoms with van der Waals surface area (Å²) in [5.74, 6) is 0. The van der Waals surface area contributed by atoms with Crippen molar-refractivity contribution in [2.45, 2.75) is 38.8 Å². The second-order valence-corrected chi connectivity index (χ2v) is 8.54. The first kappa shape index (κ1) is 18.0. The van der Waals surface area contributed by atoms with E-state index in [1.165, 1.54) is 4.31 Å². The van der Waals surface area contributed by atoms with Gasteiger partial charge in [-0.1, -0.05) is 13.0 Å². The highest BCUT2D eigenvalue weighted by Gasteiger charge is 2.37. The van der Waals surface area contributed by atoms with Crippen molar-refractivity contribution in [1.82, 2.24) is 23.4 Å². The number of nitrogens with zero attached hydrogens (tertiary/aromatic N) is 5. The van der Waals surface area contributed by atoms with Crippen molar-refractivity contribution in [3.63, 3.8) is 0 Å². The SMILES string of the molecule is CCCn1nccc1-c1cccc([C@H]2CCCN2S(=O)(=O)N(C)C)n1. The molecule has 0 radical (unpaired) electrons. The first-order chi connectivity index (χ1) is 11.9. The van der Waals surface area contributed by atoms with Gasteiger partial charge >= 0.3 is 0 Å². The molecule has 7 nitrogen and oxygen atoms in total. The second-order valence-electron chi connectivity index (χ2n) is 6.45. The molecule has 2 aromatic heterocycles. The molecule has 3 rings (SSSR count). The van der Waals surface area contributed by atoms with Gasteiger partial charge in [0.1, 0.15) is 0 Å². The smallest absolute Gasteiger partial charge is 0.263 e. The Balaban J connectivity index is 1.95. The van der Waals surface area contributed by atoms with Gasteiger partial charge in [0, 0.05) is 33.4 Å².